The third kappa shape index (κ3) is 3.83. The molecule has 1 radical (unpaired) electrons. The third-order valence-corrected chi connectivity index (χ3v) is 3.95. The molecule has 0 spiro atoms. The van der Waals surface area contributed by atoms with Crippen LogP contribution in [0.1, 0.15) is 34.1 Å². The van der Waals surface area contributed by atoms with E-state index < -0.39 is 48.6 Å². The lowest BCUT2D eigenvalue weighted by Gasteiger charge is -2.33. The summed E-state index contributed by atoms with van der Waals surface area (Å²) in [6.07, 6.45) is -2.36. The largest absolute Gasteiger partial charge is 0.444 e. The van der Waals surface area contributed by atoms with Crippen LogP contribution in [0.2, 0.25) is 0 Å². The molecular formula is C13H25N2O6. The van der Waals surface area contributed by atoms with Crippen LogP contribution in [0.4, 0.5) is 4.79 Å². The maximum absolute atomic E-state index is 12.2. The number of nitrogens with zero attached hydrogens (tertiary/aromatic N) is 1. The fourth-order valence-corrected chi connectivity index (χ4v) is 2.59. The molecule has 123 valence electrons. The third-order valence-electron chi connectivity index (χ3n) is 3.95. The van der Waals surface area contributed by atoms with Crippen molar-refractivity contribution in [3.8, 4) is 0 Å². The van der Waals surface area contributed by atoms with Gasteiger partial charge in [-0.25, -0.2) is 4.79 Å². The molecule has 0 aromatic rings. The number of hydroxylamine groups is 2. The quantitative estimate of drug-likeness (QED) is 0.538. The Balaban J connectivity index is 2.67. The molecule has 1 heterocycles. The number of amides is 1. The van der Waals surface area contributed by atoms with E-state index >= 15 is 0 Å². The summed E-state index contributed by atoms with van der Waals surface area (Å²) in [7, 11) is 0. The number of aliphatic hydroxyl groups excluding tert-OH is 3. The molecule has 3 atom stereocenters. The highest BCUT2D eigenvalue weighted by atomic mass is 16.6. The number of hydrogen-bond acceptors (Lipinski definition) is 6. The van der Waals surface area contributed by atoms with Gasteiger partial charge in [0, 0.05) is 12.0 Å². The number of nitrogens with one attached hydrogen (secondary N) is 1. The van der Waals surface area contributed by atoms with Gasteiger partial charge in [-0.15, -0.1) is 10.3 Å². The summed E-state index contributed by atoms with van der Waals surface area (Å²) in [6.45, 7) is 5.80. The Kier molecular flexibility index (Phi) is 5.57. The first-order valence-corrected chi connectivity index (χ1v) is 6.90. The van der Waals surface area contributed by atoms with Crippen LogP contribution >= 0.6 is 0 Å². The first kappa shape index (κ1) is 18.1. The Hall–Kier alpha value is -0.930. The van der Waals surface area contributed by atoms with Crippen LogP contribution in [0.5, 0.6) is 0 Å². The van der Waals surface area contributed by atoms with E-state index in [1.54, 1.807) is 27.7 Å². The molecule has 1 saturated heterocycles. The maximum atomic E-state index is 12.2. The highest BCUT2D eigenvalue weighted by Crippen LogP contribution is 2.41. The minimum Gasteiger partial charge on any atom is -0.444 e. The Morgan fingerprint density at radius 1 is 1.33 bits per heavy atom. The number of alkyl carbamates (subject to hydrolysis) is 1. The number of ether oxygens (including phenoxy) is 1. The normalized spacial score (nSPS) is 27.1. The summed E-state index contributed by atoms with van der Waals surface area (Å²) in [4.78, 5) is 11.8. The average Bonchev–Trinajstić information content (AvgIpc) is 2.55. The highest BCUT2D eigenvalue weighted by Gasteiger charge is 2.54. The Morgan fingerprint density at radius 3 is 2.29 bits per heavy atom. The van der Waals surface area contributed by atoms with Crippen molar-refractivity contribution in [2.75, 3.05) is 13.2 Å². The summed E-state index contributed by atoms with van der Waals surface area (Å²) in [6, 6.07) is -1.02. The van der Waals surface area contributed by atoms with Gasteiger partial charge in [0.2, 0.25) is 0 Å². The lowest BCUT2D eigenvalue weighted by molar-refractivity contribution is -0.251. The minimum absolute atomic E-state index is 0.378. The van der Waals surface area contributed by atoms with Crippen LogP contribution in [-0.2, 0) is 9.94 Å². The van der Waals surface area contributed by atoms with Gasteiger partial charge in [-0.05, 0) is 27.7 Å². The molecule has 21 heavy (non-hydrogen) atoms. The molecule has 0 aliphatic carbocycles. The van der Waals surface area contributed by atoms with Gasteiger partial charge in [-0.3, -0.25) is 0 Å². The molecule has 1 amide bonds. The van der Waals surface area contributed by atoms with E-state index in [1.807, 2.05) is 0 Å². The SMILES string of the molecule is CC1(C)CC(OC(=O)NC(CO)C(O)CO)C(C)(C)N1[O]. The van der Waals surface area contributed by atoms with Gasteiger partial charge in [0.1, 0.15) is 6.10 Å². The predicted molar refractivity (Wildman–Crippen MR) is 72.7 cm³/mol. The molecule has 0 aromatic heterocycles. The van der Waals surface area contributed by atoms with E-state index in [0.29, 0.717) is 6.42 Å². The lowest BCUT2D eigenvalue weighted by atomic mass is 9.97. The number of aliphatic hydroxyl groups is 3. The molecule has 0 aromatic carbocycles. The molecule has 0 saturated carbocycles. The van der Waals surface area contributed by atoms with E-state index in [4.69, 9.17) is 14.9 Å². The maximum Gasteiger partial charge on any atom is 0.407 e. The van der Waals surface area contributed by atoms with E-state index in [1.165, 1.54) is 0 Å². The number of carbonyl (C=O) groups excluding carboxylic acids is 1. The molecule has 1 fully saturated rings. The topological polar surface area (TPSA) is 122 Å². The average molecular weight is 305 g/mol. The molecular weight excluding hydrogens is 280 g/mol. The summed E-state index contributed by atoms with van der Waals surface area (Å²) >= 11 is 0. The minimum atomic E-state index is -1.29. The van der Waals surface area contributed by atoms with Crippen LogP contribution in [0, 0.1) is 0 Å². The monoisotopic (exact) mass is 305 g/mol. The van der Waals surface area contributed by atoms with Crippen molar-refractivity contribution in [2.45, 2.75) is 63.4 Å². The summed E-state index contributed by atoms with van der Waals surface area (Å²) in [5.74, 6) is 0. The number of hydrogen-bond donors (Lipinski definition) is 4. The van der Waals surface area contributed by atoms with Crippen molar-refractivity contribution in [2.24, 2.45) is 0 Å². The van der Waals surface area contributed by atoms with Crippen molar-refractivity contribution in [1.29, 1.82) is 0 Å². The van der Waals surface area contributed by atoms with Crippen molar-refractivity contribution in [3.05, 3.63) is 0 Å². The molecule has 8 heteroatoms. The standard InChI is InChI=1S/C13H25N2O6/c1-12(2)5-10(13(3,4)15(12)20)21-11(19)14-8(6-16)9(18)7-17/h8-10,16-18H,5-7H2,1-4H3,(H,14,19). The van der Waals surface area contributed by atoms with Crippen molar-refractivity contribution >= 4 is 6.09 Å². The van der Waals surface area contributed by atoms with Crippen LogP contribution < -0.4 is 5.32 Å². The fourth-order valence-electron chi connectivity index (χ4n) is 2.59. The zero-order chi connectivity index (χ0) is 16.4. The van der Waals surface area contributed by atoms with Crippen LogP contribution in [0.3, 0.4) is 0 Å². The summed E-state index contributed by atoms with van der Waals surface area (Å²) < 4.78 is 5.26. The first-order valence-electron chi connectivity index (χ1n) is 6.90. The smallest absolute Gasteiger partial charge is 0.407 e. The van der Waals surface area contributed by atoms with Crippen LogP contribution in [-0.4, -0.2) is 69.0 Å². The van der Waals surface area contributed by atoms with Crippen molar-refractivity contribution in [3.63, 3.8) is 0 Å². The molecule has 1 rings (SSSR count). The second-order valence-electron chi connectivity index (χ2n) is 6.54. The van der Waals surface area contributed by atoms with Gasteiger partial charge in [0.25, 0.3) is 0 Å². The van der Waals surface area contributed by atoms with E-state index in [9.17, 15) is 15.1 Å². The Morgan fingerprint density at radius 2 is 1.90 bits per heavy atom. The highest BCUT2D eigenvalue weighted by molar-refractivity contribution is 5.68. The molecule has 1 aliphatic rings. The first-order chi connectivity index (χ1) is 9.56. The summed E-state index contributed by atoms with van der Waals surface area (Å²) in [5.41, 5.74) is -1.51. The predicted octanol–water partition coefficient (Wildman–Crippen LogP) is -0.596. The Bertz CT molecular complexity index is 374. The van der Waals surface area contributed by atoms with Gasteiger partial charge in [-0.2, -0.15) is 0 Å². The molecule has 3 unspecified atom stereocenters. The second-order valence-corrected chi connectivity index (χ2v) is 6.54. The van der Waals surface area contributed by atoms with E-state index in [-0.39, 0.29) is 0 Å². The van der Waals surface area contributed by atoms with Gasteiger partial charge in [-0.1, -0.05) is 0 Å². The lowest BCUT2D eigenvalue weighted by Crippen LogP contribution is -2.51. The zero-order valence-corrected chi connectivity index (χ0v) is 12.9. The van der Waals surface area contributed by atoms with E-state index in [0.717, 1.165) is 5.06 Å². The molecule has 0 bridgehead atoms. The van der Waals surface area contributed by atoms with Gasteiger partial charge < -0.3 is 25.4 Å². The van der Waals surface area contributed by atoms with Crippen molar-refractivity contribution in [1.82, 2.24) is 10.4 Å². The van der Waals surface area contributed by atoms with Crippen LogP contribution in [0.15, 0.2) is 0 Å². The fraction of sp³-hybridized carbons (Fsp3) is 0.923. The number of carbonyl (C=O) groups is 1. The number of rotatable bonds is 5. The van der Waals surface area contributed by atoms with Crippen LogP contribution in [0.25, 0.3) is 0 Å². The van der Waals surface area contributed by atoms with Crippen molar-refractivity contribution < 1.29 is 30.1 Å². The Labute approximate surface area is 124 Å². The molecule has 4 N–H and O–H groups in total. The summed E-state index contributed by atoms with van der Waals surface area (Å²) in [5, 5.41) is 42.7. The van der Waals surface area contributed by atoms with Gasteiger partial charge in [0.15, 0.2) is 0 Å². The van der Waals surface area contributed by atoms with Gasteiger partial charge >= 0.3 is 6.09 Å². The van der Waals surface area contributed by atoms with E-state index in [2.05, 4.69) is 5.32 Å². The molecule has 1 aliphatic heterocycles. The zero-order valence-electron chi connectivity index (χ0n) is 12.9. The molecule has 8 nitrogen and oxygen atoms in total. The second kappa shape index (κ2) is 6.45. The van der Waals surface area contributed by atoms with Gasteiger partial charge in [0.05, 0.1) is 30.9 Å².